The number of hydrogen-bond acceptors (Lipinski definition) is 1. The van der Waals surface area contributed by atoms with E-state index in [1.165, 1.54) is 24.6 Å². The molecular weight excluding hydrogens is 204 g/mol. The van der Waals surface area contributed by atoms with Crippen molar-refractivity contribution < 1.29 is 8.78 Å². The van der Waals surface area contributed by atoms with Crippen LogP contribution >= 0.6 is 12.2 Å². The first-order valence-corrected chi connectivity index (χ1v) is 4.38. The van der Waals surface area contributed by atoms with Crippen molar-refractivity contribution in [2.75, 3.05) is 0 Å². The maximum absolute atomic E-state index is 12.0. The van der Waals surface area contributed by atoms with Gasteiger partial charge in [-0.3, -0.25) is 0 Å². The molecule has 0 aliphatic rings. The Morgan fingerprint density at radius 1 is 1.57 bits per heavy atom. The minimum absolute atomic E-state index is 0.000579. The van der Waals surface area contributed by atoms with Crippen molar-refractivity contribution in [1.82, 2.24) is 5.32 Å². The molecule has 0 aliphatic heterocycles. The van der Waals surface area contributed by atoms with Gasteiger partial charge in [-0.05, 0) is 12.5 Å². The zero-order valence-electron chi connectivity index (χ0n) is 7.71. The summed E-state index contributed by atoms with van der Waals surface area (Å²) in [6.45, 7) is 1.35. The van der Waals surface area contributed by atoms with Crippen molar-refractivity contribution in [3.05, 3.63) is 23.8 Å². The minimum atomic E-state index is -2.43. The van der Waals surface area contributed by atoms with Crippen LogP contribution in [-0.4, -0.2) is 18.0 Å². The Hall–Kier alpha value is -1.21. The van der Waals surface area contributed by atoms with Crippen molar-refractivity contribution in [3.63, 3.8) is 0 Å². The number of nitrogens with one attached hydrogen (secondary N) is 1. The van der Waals surface area contributed by atoms with Gasteiger partial charge in [0.25, 0.3) is 6.43 Å². The van der Waals surface area contributed by atoms with Gasteiger partial charge in [0, 0.05) is 0 Å². The van der Waals surface area contributed by atoms with Crippen molar-refractivity contribution >= 4 is 17.7 Å². The summed E-state index contributed by atoms with van der Waals surface area (Å²) in [5.74, 6) is 2.39. The molecule has 0 rings (SSSR count). The average molecular weight is 215 g/mol. The molecule has 0 amide bonds. The molecule has 0 spiro atoms. The lowest BCUT2D eigenvalue weighted by molar-refractivity contribution is 0.190. The van der Waals surface area contributed by atoms with Crippen LogP contribution in [0.15, 0.2) is 23.8 Å². The van der Waals surface area contributed by atoms with Gasteiger partial charge in [0.1, 0.15) is 6.04 Å². The van der Waals surface area contributed by atoms with Gasteiger partial charge >= 0.3 is 0 Å². The zero-order chi connectivity index (χ0) is 11.0. The molecule has 0 radical (unpaired) electrons. The highest BCUT2D eigenvalue weighted by Crippen LogP contribution is 2.06. The van der Waals surface area contributed by atoms with Gasteiger partial charge < -0.3 is 5.32 Å². The third kappa shape index (κ3) is 5.44. The molecule has 0 heterocycles. The molecule has 1 unspecified atom stereocenters. The normalized spacial score (nSPS) is 14.1. The van der Waals surface area contributed by atoms with Crippen LogP contribution < -0.4 is 5.32 Å². The van der Waals surface area contributed by atoms with Gasteiger partial charge in [0.2, 0.25) is 0 Å². The topological polar surface area (TPSA) is 12.0 Å². The largest absolute Gasteiger partial charge is 0.366 e. The summed E-state index contributed by atoms with van der Waals surface area (Å²) in [6.07, 6.45) is 7.09. The maximum Gasteiger partial charge on any atom is 0.259 e. The molecule has 0 bridgehead atoms. The van der Waals surface area contributed by atoms with E-state index in [1.54, 1.807) is 6.08 Å². The summed E-state index contributed by atoms with van der Waals surface area (Å²) in [6, 6.07) is -0.353. The van der Waals surface area contributed by atoms with Crippen molar-refractivity contribution in [3.8, 4) is 12.3 Å². The van der Waals surface area contributed by atoms with E-state index in [1.807, 2.05) is 0 Å². The average Bonchev–Trinajstić information content (AvgIpc) is 2.16. The van der Waals surface area contributed by atoms with E-state index in [-0.39, 0.29) is 11.6 Å². The number of alkyl halides is 2. The molecule has 0 saturated heterocycles. The fourth-order valence-corrected chi connectivity index (χ4v) is 0.770. The smallest absolute Gasteiger partial charge is 0.259 e. The Morgan fingerprint density at radius 2 is 2.21 bits per heavy atom. The molecule has 0 aromatic carbocycles. The molecule has 4 heteroatoms. The third-order valence-electron chi connectivity index (χ3n) is 1.43. The molecule has 14 heavy (non-hydrogen) atoms. The zero-order valence-corrected chi connectivity index (χ0v) is 8.52. The maximum atomic E-state index is 12.0. The van der Waals surface area contributed by atoms with Crippen molar-refractivity contribution in [1.29, 1.82) is 0 Å². The summed E-state index contributed by atoms with van der Waals surface area (Å²) in [7, 11) is 0. The van der Waals surface area contributed by atoms with E-state index in [2.05, 4.69) is 23.5 Å². The molecule has 0 aromatic rings. The second kappa shape index (κ2) is 7.22. The van der Waals surface area contributed by atoms with Gasteiger partial charge in [-0.2, -0.15) is 0 Å². The Morgan fingerprint density at radius 3 is 2.64 bits per heavy atom. The van der Waals surface area contributed by atoms with Crippen LogP contribution in [0.2, 0.25) is 0 Å². The highest BCUT2D eigenvalue weighted by atomic mass is 32.1. The van der Waals surface area contributed by atoms with Crippen LogP contribution in [0.5, 0.6) is 0 Å². The van der Waals surface area contributed by atoms with Gasteiger partial charge in [0.15, 0.2) is 0 Å². The molecule has 1 N–H and O–H groups in total. The number of hydrogen-bond donors (Lipinski definition) is 1. The summed E-state index contributed by atoms with van der Waals surface area (Å²) in [4.78, 5) is 0. The van der Waals surface area contributed by atoms with Gasteiger partial charge in [-0.25, -0.2) is 8.78 Å². The van der Waals surface area contributed by atoms with E-state index in [0.29, 0.717) is 0 Å². The molecule has 76 valence electrons. The van der Waals surface area contributed by atoms with Crippen LogP contribution in [0.25, 0.3) is 0 Å². The van der Waals surface area contributed by atoms with Crippen LogP contribution in [-0.2, 0) is 0 Å². The van der Waals surface area contributed by atoms with Gasteiger partial charge in [-0.15, -0.1) is 6.42 Å². The third-order valence-corrected chi connectivity index (χ3v) is 1.57. The van der Waals surface area contributed by atoms with Crippen LogP contribution in [0.4, 0.5) is 8.78 Å². The molecule has 0 aromatic heterocycles. The summed E-state index contributed by atoms with van der Waals surface area (Å²) < 4.78 is 24.0. The fourth-order valence-electron chi connectivity index (χ4n) is 0.624. The summed E-state index contributed by atoms with van der Waals surface area (Å²) in [5.41, 5.74) is 1.29. The highest BCUT2D eigenvalue weighted by molar-refractivity contribution is 7.78. The number of thiocarbonyl (C=S) groups is 1. The minimum Gasteiger partial charge on any atom is -0.366 e. The standard InChI is InChI=1S/C10H11F2NS/c1-3-9(13-7-14)6-4-5-8(2)10(11)12/h1,4-7,9-10H,2H3,(H,13,14)/b6-4-,8-5+. The summed E-state index contributed by atoms with van der Waals surface area (Å²) >= 11 is 4.54. The number of halogens is 2. The molecular formula is C10H11F2NS. The Kier molecular flexibility index (Phi) is 6.59. The lowest BCUT2D eigenvalue weighted by Crippen LogP contribution is -2.22. The fraction of sp³-hybridized carbons (Fsp3) is 0.300. The van der Waals surface area contributed by atoms with Crippen LogP contribution in [0, 0.1) is 12.3 Å². The number of terminal acetylenes is 1. The first-order chi connectivity index (χ1) is 6.61. The molecule has 0 fully saturated rings. The second-order valence-electron chi connectivity index (χ2n) is 2.53. The Bertz CT molecular complexity index is 276. The Labute approximate surface area is 87.9 Å². The lowest BCUT2D eigenvalue weighted by Gasteiger charge is -2.02. The van der Waals surface area contributed by atoms with E-state index in [0.717, 1.165) is 0 Å². The van der Waals surface area contributed by atoms with Crippen molar-refractivity contribution in [2.45, 2.75) is 19.4 Å². The molecule has 1 nitrogen and oxygen atoms in total. The van der Waals surface area contributed by atoms with E-state index in [9.17, 15) is 8.78 Å². The van der Waals surface area contributed by atoms with Gasteiger partial charge in [0.05, 0.1) is 5.49 Å². The van der Waals surface area contributed by atoms with E-state index in [4.69, 9.17) is 6.42 Å². The predicted molar refractivity (Wildman–Crippen MR) is 58.3 cm³/mol. The summed E-state index contributed by atoms with van der Waals surface area (Å²) in [5, 5.41) is 2.69. The van der Waals surface area contributed by atoms with E-state index >= 15 is 0 Å². The molecule has 0 saturated carbocycles. The predicted octanol–water partition coefficient (Wildman–Crippen LogP) is 2.30. The van der Waals surface area contributed by atoms with Crippen molar-refractivity contribution in [2.24, 2.45) is 0 Å². The monoisotopic (exact) mass is 215 g/mol. The quantitative estimate of drug-likeness (QED) is 0.429. The lowest BCUT2D eigenvalue weighted by atomic mass is 10.2. The number of allylic oxidation sites excluding steroid dienone is 3. The highest BCUT2D eigenvalue weighted by Gasteiger charge is 2.02. The first-order valence-electron chi connectivity index (χ1n) is 3.90. The second-order valence-corrected chi connectivity index (χ2v) is 2.76. The molecule has 1 atom stereocenters. The van der Waals surface area contributed by atoms with Gasteiger partial charge in [-0.1, -0.05) is 36.4 Å². The Balaban J connectivity index is 4.23. The van der Waals surface area contributed by atoms with E-state index < -0.39 is 6.43 Å². The van der Waals surface area contributed by atoms with Crippen LogP contribution in [0.3, 0.4) is 0 Å². The molecule has 0 aliphatic carbocycles. The SMILES string of the molecule is C#CC(/C=C\C=C(/C)C(F)F)NC=S. The van der Waals surface area contributed by atoms with Crippen LogP contribution in [0.1, 0.15) is 6.92 Å². The number of rotatable bonds is 5. The first kappa shape index (κ1) is 12.8.